The Bertz CT molecular complexity index is 1630. The number of amides is 1. The summed E-state index contributed by atoms with van der Waals surface area (Å²) in [7, 11) is 0. The molecule has 0 saturated heterocycles. The number of nitrogens with two attached hydrogens (primary N) is 1. The number of benzene rings is 3. The van der Waals surface area contributed by atoms with Gasteiger partial charge in [-0.3, -0.25) is 9.59 Å². The highest BCUT2D eigenvalue weighted by atomic mass is 35.5. The highest BCUT2D eigenvalue weighted by molar-refractivity contribution is 6.30. The number of hydrogen-bond donors (Lipinski definition) is 4. The van der Waals surface area contributed by atoms with E-state index in [9.17, 15) is 20.0 Å². The van der Waals surface area contributed by atoms with E-state index < -0.39 is 11.6 Å². The Morgan fingerprint density at radius 3 is 2.62 bits per heavy atom. The number of carbonyl (C=O) groups excluding carboxylic acids is 2. The van der Waals surface area contributed by atoms with Gasteiger partial charge in [0.2, 0.25) is 0 Å². The molecule has 5 N–H and O–H groups in total. The standard InChI is InChI=1S/C30H26ClN5O4/c1-3-40-27-10-5-4-9-22(27)29(39)35-28-24(16-32)23(15-25(34-28)21-12-11-19(31)14-26(21)38)18-7-6-8-20(13-18)36-30(2,33)17-37/h4-15,17,36,38H,3,33H2,1-2H3,(H,34,35,39)/t30-/m0/s1. The Balaban J connectivity index is 1.89. The number of nitriles is 1. The van der Waals surface area contributed by atoms with Crippen molar-refractivity contribution in [1.29, 1.82) is 5.26 Å². The van der Waals surface area contributed by atoms with E-state index in [1.165, 1.54) is 13.0 Å². The number of aromatic hydroxyl groups is 1. The molecular formula is C30H26ClN5O4. The molecule has 3 aromatic carbocycles. The Morgan fingerprint density at radius 2 is 1.93 bits per heavy atom. The number of pyridine rings is 1. The van der Waals surface area contributed by atoms with Crippen LogP contribution in [0.4, 0.5) is 11.5 Å². The maximum absolute atomic E-state index is 13.4. The van der Waals surface area contributed by atoms with E-state index in [0.29, 0.717) is 46.0 Å². The van der Waals surface area contributed by atoms with Gasteiger partial charge in [-0.2, -0.15) is 5.26 Å². The minimum Gasteiger partial charge on any atom is -0.507 e. The Kier molecular flexibility index (Phi) is 8.34. The fourth-order valence-corrected chi connectivity index (χ4v) is 4.22. The van der Waals surface area contributed by atoms with E-state index in [1.54, 1.807) is 66.7 Å². The number of para-hydroxylation sites is 1. The number of anilines is 2. The highest BCUT2D eigenvalue weighted by Gasteiger charge is 2.22. The number of rotatable bonds is 9. The van der Waals surface area contributed by atoms with Gasteiger partial charge in [0.15, 0.2) is 12.1 Å². The number of aldehydes is 1. The normalized spacial score (nSPS) is 12.1. The summed E-state index contributed by atoms with van der Waals surface area (Å²) in [5, 5.41) is 26.9. The quantitative estimate of drug-likeness (QED) is 0.154. The van der Waals surface area contributed by atoms with Crippen LogP contribution in [0.25, 0.3) is 22.4 Å². The first kappa shape index (κ1) is 28.1. The molecule has 1 heterocycles. The van der Waals surface area contributed by atoms with Crippen molar-refractivity contribution >= 4 is 35.3 Å². The second kappa shape index (κ2) is 11.9. The molecule has 9 nitrogen and oxygen atoms in total. The number of hydrogen-bond acceptors (Lipinski definition) is 8. The van der Waals surface area contributed by atoms with Crippen LogP contribution in [0.15, 0.2) is 72.8 Å². The zero-order valence-electron chi connectivity index (χ0n) is 21.7. The third kappa shape index (κ3) is 6.21. The number of aromatic nitrogens is 1. The molecule has 4 aromatic rings. The van der Waals surface area contributed by atoms with E-state index >= 15 is 0 Å². The van der Waals surface area contributed by atoms with E-state index in [0.717, 1.165) is 0 Å². The predicted octanol–water partition coefficient (Wildman–Crippen LogP) is 5.58. The fraction of sp³-hybridized carbons (Fsp3) is 0.133. The van der Waals surface area contributed by atoms with Gasteiger partial charge in [0.1, 0.15) is 28.8 Å². The Labute approximate surface area is 236 Å². The summed E-state index contributed by atoms with van der Waals surface area (Å²) >= 11 is 6.04. The summed E-state index contributed by atoms with van der Waals surface area (Å²) in [6.07, 6.45) is 0.585. The average Bonchev–Trinajstić information content (AvgIpc) is 2.93. The van der Waals surface area contributed by atoms with Gasteiger partial charge >= 0.3 is 0 Å². The smallest absolute Gasteiger partial charge is 0.260 e. The molecule has 1 aromatic heterocycles. The number of halogens is 1. The minimum atomic E-state index is -1.32. The summed E-state index contributed by atoms with van der Waals surface area (Å²) in [5.74, 6) is -0.297. The van der Waals surface area contributed by atoms with Gasteiger partial charge in [0, 0.05) is 21.8 Å². The van der Waals surface area contributed by atoms with E-state index in [-0.39, 0.29) is 28.4 Å². The molecule has 0 aliphatic rings. The molecule has 1 atom stereocenters. The topological polar surface area (TPSA) is 150 Å². The Hall–Kier alpha value is -4.91. The SMILES string of the molecule is CCOc1ccccc1C(=O)Nc1nc(-c2ccc(Cl)cc2O)cc(-c2cccc(N[C@](C)(N)C=O)c2)c1C#N. The summed E-state index contributed by atoms with van der Waals surface area (Å²) in [5.41, 5.74) is 7.13. The molecule has 0 aliphatic heterocycles. The molecule has 0 aliphatic carbocycles. The summed E-state index contributed by atoms with van der Waals surface area (Å²) < 4.78 is 5.59. The number of nitrogens with one attached hydrogen (secondary N) is 2. The lowest BCUT2D eigenvalue weighted by atomic mass is 9.97. The van der Waals surface area contributed by atoms with Crippen molar-refractivity contribution in [3.63, 3.8) is 0 Å². The van der Waals surface area contributed by atoms with E-state index in [2.05, 4.69) is 21.7 Å². The lowest BCUT2D eigenvalue weighted by Crippen LogP contribution is -2.46. The second-order valence-corrected chi connectivity index (χ2v) is 9.48. The van der Waals surface area contributed by atoms with Crippen LogP contribution in [0.5, 0.6) is 11.5 Å². The predicted molar refractivity (Wildman–Crippen MR) is 154 cm³/mol. The number of phenolic OH excluding ortho intramolecular Hbond substituents is 1. The minimum absolute atomic E-state index is 0.0180. The van der Waals surface area contributed by atoms with Gasteiger partial charge in [-0.05, 0) is 67.9 Å². The number of phenols is 1. The van der Waals surface area contributed by atoms with Crippen LogP contribution in [0.2, 0.25) is 5.02 Å². The number of ether oxygens (including phenoxy) is 1. The van der Waals surface area contributed by atoms with Crippen LogP contribution < -0.4 is 21.1 Å². The Morgan fingerprint density at radius 1 is 1.15 bits per heavy atom. The van der Waals surface area contributed by atoms with Gasteiger partial charge in [-0.25, -0.2) is 4.98 Å². The number of carbonyl (C=O) groups is 2. The van der Waals surface area contributed by atoms with Crippen molar-refractivity contribution in [2.45, 2.75) is 19.5 Å². The van der Waals surface area contributed by atoms with Crippen LogP contribution in [0.3, 0.4) is 0 Å². The van der Waals surface area contributed by atoms with Gasteiger partial charge in [0.25, 0.3) is 5.91 Å². The van der Waals surface area contributed by atoms with Crippen molar-refractivity contribution < 1.29 is 19.4 Å². The van der Waals surface area contributed by atoms with Crippen LogP contribution >= 0.6 is 11.6 Å². The lowest BCUT2D eigenvalue weighted by molar-refractivity contribution is -0.111. The first-order chi connectivity index (χ1) is 19.2. The molecule has 40 heavy (non-hydrogen) atoms. The van der Waals surface area contributed by atoms with Gasteiger partial charge in [-0.15, -0.1) is 0 Å². The zero-order chi connectivity index (χ0) is 28.9. The van der Waals surface area contributed by atoms with Crippen molar-refractivity contribution in [3.05, 3.63) is 88.9 Å². The third-order valence-electron chi connectivity index (χ3n) is 5.86. The summed E-state index contributed by atoms with van der Waals surface area (Å²) in [6.45, 7) is 3.69. The van der Waals surface area contributed by atoms with Crippen molar-refractivity contribution in [2.75, 3.05) is 17.2 Å². The molecule has 0 unspecified atom stereocenters. The monoisotopic (exact) mass is 555 g/mol. The van der Waals surface area contributed by atoms with Crippen LogP contribution in [-0.4, -0.2) is 34.6 Å². The van der Waals surface area contributed by atoms with Gasteiger partial charge < -0.3 is 26.2 Å². The molecule has 0 radical (unpaired) electrons. The van der Waals surface area contributed by atoms with Crippen LogP contribution in [0.1, 0.15) is 29.8 Å². The molecule has 0 fully saturated rings. The van der Waals surface area contributed by atoms with E-state index in [4.69, 9.17) is 22.1 Å². The average molecular weight is 556 g/mol. The van der Waals surface area contributed by atoms with Gasteiger partial charge in [-0.1, -0.05) is 35.9 Å². The molecule has 202 valence electrons. The summed E-state index contributed by atoms with van der Waals surface area (Å²) in [6, 6.07) is 22.0. The number of nitrogens with zero attached hydrogens (tertiary/aromatic N) is 2. The first-order valence-corrected chi connectivity index (χ1v) is 12.6. The third-order valence-corrected chi connectivity index (χ3v) is 6.10. The van der Waals surface area contributed by atoms with Crippen LogP contribution in [0, 0.1) is 11.3 Å². The fourth-order valence-electron chi connectivity index (χ4n) is 4.05. The molecule has 0 saturated carbocycles. The van der Waals surface area contributed by atoms with Crippen molar-refractivity contribution in [1.82, 2.24) is 4.98 Å². The second-order valence-electron chi connectivity index (χ2n) is 9.04. The highest BCUT2D eigenvalue weighted by Crippen LogP contribution is 2.37. The molecule has 10 heteroatoms. The molecule has 1 amide bonds. The zero-order valence-corrected chi connectivity index (χ0v) is 22.5. The maximum Gasteiger partial charge on any atom is 0.260 e. The lowest BCUT2D eigenvalue weighted by Gasteiger charge is -2.21. The largest absolute Gasteiger partial charge is 0.507 e. The van der Waals surface area contributed by atoms with Crippen molar-refractivity contribution in [2.24, 2.45) is 5.73 Å². The molecular weight excluding hydrogens is 530 g/mol. The molecule has 0 bridgehead atoms. The first-order valence-electron chi connectivity index (χ1n) is 12.3. The van der Waals surface area contributed by atoms with E-state index in [1.807, 2.05) is 6.92 Å². The van der Waals surface area contributed by atoms with Crippen LogP contribution in [-0.2, 0) is 4.79 Å². The maximum atomic E-state index is 13.4. The van der Waals surface area contributed by atoms with Crippen molar-refractivity contribution in [3.8, 4) is 40.0 Å². The summed E-state index contributed by atoms with van der Waals surface area (Å²) in [4.78, 5) is 29.3. The molecule has 0 spiro atoms. The van der Waals surface area contributed by atoms with Gasteiger partial charge in [0.05, 0.1) is 17.9 Å². The molecule has 4 rings (SSSR count).